The molecule has 4 rings (SSSR count). The number of hydrogen-bond donors (Lipinski definition) is 1. The number of alkyl halides is 1. The number of nitrogens with one attached hydrogen (secondary N) is 1. The number of pyridine rings is 1. The third-order valence-electron chi connectivity index (χ3n) is 5.44. The standard InChI is InChI=1S/C20H25FN4O/c1-14-8-16(21)11-25(14)20(26)13-24-7-6-17(12-24)23-18-9-15-4-2-3-5-19(15)22-10-18/h2-5,9-10,14,16-17,23H,6-8,11-13H2,1H3/t14-,16+,17+/m1/s1. The number of aromatic nitrogens is 1. The molecule has 6 heteroatoms. The summed E-state index contributed by atoms with van der Waals surface area (Å²) >= 11 is 0. The minimum Gasteiger partial charge on any atom is -0.380 e. The lowest BCUT2D eigenvalue weighted by Crippen LogP contribution is -2.42. The minimum absolute atomic E-state index is 0.0118. The Morgan fingerprint density at radius 2 is 2.19 bits per heavy atom. The van der Waals surface area contributed by atoms with Crippen molar-refractivity contribution in [3.8, 4) is 0 Å². The average molecular weight is 356 g/mol. The summed E-state index contributed by atoms with van der Waals surface area (Å²) in [7, 11) is 0. The van der Waals surface area contributed by atoms with E-state index in [2.05, 4.69) is 27.3 Å². The van der Waals surface area contributed by atoms with E-state index >= 15 is 0 Å². The van der Waals surface area contributed by atoms with Crippen LogP contribution in [0.15, 0.2) is 36.5 Å². The average Bonchev–Trinajstić information content (AvgIpc) is 3.20. The van der Waals surface area contributed by atoms with Crippen molar-refractivity contribution in [2.75, 3.05) is 31.5 Å². The summed E-state index contributed by atoms with van der Waals surface area (Å²) in [5.74, 6) is 0.0469. The third kappa shape index (κ3) is 3.65. The summed E-state index contributed by atoms with van der Waals surface area (Å²) in [6.07, 6.45) is 2.44. The molecule has 3 heterocycles. The van der Waals surface area contributed by atoms with E-state index in [1.165, 1.54) is 0 Å². The molecule has 3 atom stereocenters. The number of para-hydroxylation sites is 1. The number of benzene rings is 1. The summed E-state index contributed by atoms with van der Waals surface area (Å²) in [5.41, 5.74) is 2.00. The van der Waals surface area contributed by atoms with Crippen LogP contribution in [-0.2, 0) is 4.79 Å². The molecular weight excluding hydrogens is 331 g/mol. The van der Waals surface area contributed by atoms with E-state index in [1.54, 1.807) is 4.90 Å². The van der Waals surface area contributed by atoms with Crippen LogP contribution in [0.4, 0.5) is 10.1 Å². The Morgan fingerprint density at radius 3 is 3.00 bits per heavy atom. The molecule has 2 saturated heterocycles. The van der Waals surface area contributed by atoms with Gasteiger partial charge in [-0.25, -0.2) is 4.39 Å². The monoisotopic (exact) mass is 356 g/mol. The van der Waals surface area contributed by atoms with Gasteiger partial charge in [-0.2, -0.15) is 0 Å². The molecule has 26 heavy (non-hydrogen) atoms. The number of hydrogen-bond acceptors (Lipinski definition) is 4. The summed E-state index contributed by atoms with van der Waals surface area (Å²) in [6.45, 7) is 4.26. The van der Waals surface area contributed by atoms with Crippen LogP contribution in [0.1, 0.15) is 19.8 Å². The van der Waals surface area contributed by atoms with E-state index < -0.39 is 6.17 Å². The maximum atomic E-state index is 13.5. The molecule has 0 bridgehead atoms. The number of halogens is 1. The van der Waals surface area contributed by atoms with Crippen molar-refractivity contribution < 1.29 is 9.18 Å². The van der Waals surface area contributed by atoms with Crippen molar-refractivity contribution in [3.63, 3.8) is 0 Å². The molecule has 0 aliphatic carbocycles. The van der Waals surface area contributed by atoms with Gasteiger partial charge in [-0.15, -0.1) is 0 Å². The van der Waals surface area contributed by atoms with E-state index in [9.17, 15) is 9.18 Å². The van der Waals surface area contributed by atoms with Gasteiger partial charge >= 0.3 is 0 Å². The van der Waals surface area contributed by atoms with Crippen molar-refractivity contribution in [2.24, 2.45) is 0 Å². The van der Waals surface area contributed by atoms with Gasteiger partial charge in [0, 0.05) is 37.0 Å². The van der Waals surface area contributed by atoms with Gasteiger partial charge in [0.25, 0.3) is 0 Å². The number of fused-ring (bicyclic) bond motifs is 1. The number of anilines is 1. The number of nitrogens with zero attached hydrogens (tertiary/aromatic N) is 3. The van der Waals surface area contributed by atoms with Gasteiger partial charge in [0.15, 0.2) is 0 Å². The van der Waals surface area contributed by atoms with Crippen LogP contribution in [0.25, 0.3) is 10.9 Å². The molecule has 138 valence electrons. The molecule has 2 aliphatic heterocycles. The number of rotatable bonds is 4. The van der Waals surface area contributed by atoms with Crippen LogP contribution < -0.4 is 5.32 Å². The molecule has 2 aromatic rings. The van der Waals surface area contributed by atoms with Crippen molar-refractivity contribution in [1.29, 1.82) is 0 Å². The lowest BCUT2D eigenvalue weighted by molar-refractivity contribution is -0.132. The molecule has 0 unspecified atom stereocenters. The van der Waals surface area contributed by atoms with Gasteiger partial charge in [-0.05, 0) is 25.5 Å². The predicted molar refractivity (Wildman–Crippen MR) is 101 cm³/mol. The van der Waals surface area contributed by atoms with E-state index in [-0.39, 0.29) is 18.5 Å². The second-order valence-corrected chi connectivity index (χ2v) is 7.51. The van der Waals surface area contributed by atoms with Gasteiger partial charge < -0.3 is 10.2 Å². The van der Waals surface area contributed by atoms with Gasteiger partial charge in [-0.3, -0.25) is 14.7 Å². The molecule has 2 fully saturated rings. The van der Waals surface area contributed by atoms with Gasteiger partial charge in [0.1, 0.15) is 6.17 Å². The first-order valence-corrected chi connectivity index (χ1v) is 9.36. The van der Waals surface area contributed by atoms with Crippen molar-refractivity contribution >= 4 is 22.5 Å². The summed E-state index contributed by atoms with van der Waals surface area (Å²) in [4.78, 5) is 20.8. The number of amides is 1. The molecule has 0 saturated carbocycles. The largest absolute Gasteiger partial charge is 0.380 e. The topological polar surface area (TPSA) is 48.5 Å². The Kier molecular flexibility index (Phi) is 4.76. The van der Waals surface area contributed by atoms with E-state index in [0.29, 0.717) is 19.0 Å². The Hall–Kier alpha value is -2.21. The Balaban J connectivity index is 1.32. The minimum atomic E-state index is -0.873. The smallest absolute Gasteiger partial charge is 0.237 e. The van der Waals surface area contributed by atoms with E-state index in [4.69, 9.17) is 0 Å². The second-order valence-electron chi connectivity index (χ2n) is 7.51. The summed E-state index contributed by atoms with van der Waals surface area (Å²) < 4.78 is 13.5. The molecule has 5 nitrogen and oxygen atoms in total. The van der Waals surface area contributed by atoms with Crippen molar-refractivity contribution in [3.05, 3.63) is 36.5 Å². The molecule has 2 aliphatic rings. The molecular formula is C20H25FN4O. The Labute approximate surface area is 153 Å². The zero-order chi connectivity index (χ0) is 18.1. The lowest BCUT2D eigenvalue weighted by atomic mass is 10.2. The normalized spacial score (nSPS) is 26.5. The van der Waals surface area contributed by atoms with Crippen LogP contribution in [0, 0.1) is 0 Å². The highest BCUT2D eigenvalue weighted by Gasteiger charge is 2.34. The number of likely N-dealkylation sites (tertiary alicyclic amines) is 2. The fraction of sp³-hybridized carbons (Fsp3) is 0.500. The Bertz CT molecular complexity index is 798. The number of carbonyl (C=O) groups is 1. The first-order valence-electron chi connectivity index (χ1n) is 9.36. The van der Waals surface area contributed by atoms with Crippen LogP contribution in [0.2, 0.25) is 0 Å². The third-order valence-corrected chi connectivity index (χ3v) is 5.44. The molecule has 1 aromatic carbocycles. The van der Waals surface area contributed by atoms with Gasteiger partial charge in [0.2, 0.25) is 5.91 Å². The van der Waals surface area contributed by atoms with Gasteiger partial charge in [-0.1, -0.05) is 18.2 Å². The highest BCUT2D eigenvalue weighted by Crippen LogP contribution is 2.22. The Morgan fingerprint density at radius 1 is 1.35 bits per heavy atom. The van der Waals surface area contributed by atoms with Gasteiger partial charge in [0.05, 0.1) is 30.5 Å². The van der Waals surface area contributed by atoms with Crippen molar-refractivity contribution in [1.82, 2.24) is 14.8 Å². The fourth-order valence-corrected chi connectivity index (χ4v) is 4.07. The lowest BCUT2D eigenvalue weighted by Gasteiger charge is -2.24. The van der Waals surface area contributed by atoms with E-state index in [0.717, 1.165) is 36.1 Å². The molecule has 1 aromatic heterocycles. The quantitative estimate of drug-likeness (QED) is 0.915. The predicted octanol–water partition coefficient (Wildman–Crippen LogP) is 2.68. The fourth-order valence-electron chi connectivity index (χ4n) is 4.07. The summed E-state index contributed by atoms with van der Waals surface area (Å²) in [5, 5.41) is 4.65. The summed E-state index contributed by atoms with van der Waals surface area (Å²) in [6, 6.07) is 10.5. The first-order chi connectivity index (χ1) is 12.6. The molecule has 1 N–H and O–H groups in total. The first kappa shape index (κ1) is 17.2. The highest BCUT2D eigenvalue weighted by atomic mass is 19.1. The highest BCUT2D eigenvalue weighted by molar-refractivity contribution is 5.81. The van der Waals surface area contributed by atoms with Crippen LogP contribution in [-0.4, -0.2) is 65.1 Å². The maximum Gasteiger partial charge on any atom is 0.237 e. The van der Waals surface area contributed by atoms with Crippen LogP contribution in [0.5, 0.6) is 0 Å². The van der Waals surface area contributed by atoms with Crippen molar-refractivity contribution in [2.45, 2.75) is 38.0 Å². The zero-order valence-corrected chi connectivity index (χ0v) is 15.1. The molecule has 0 radical (unpaired) electrons. The van der Waals surface area contributed by atoms with Crippen LogP contribution >= 0.6 is 0 Å². The zero-order valence-electron chi connectivity index (χ0n) is 15.1. The number of carbonyl (C=O) groups excluding carboxylic acids is 1. The second kappa shape index (κ2) is 7.19. The van der Waals surface area contributed by atoms with E-state index in [1.807, 2.05) is 31.3 Å². The molecule has 0 spiro atoms. The maximum absolute atomic E-state index is 13.5. The molecule has 1 amide bonds. The van der Waals surface area contributed by atoms with Crippen LogP contribution in [0.3, 0.4) is 0 Å². The SMILES string of the molecule is C[C@@H]1C[C@H](F)CN1C(=O)CN1CC[C@H](Nc2cnc3ccccc3c2)C1.